The molecule has 0 saturated carbocycles. The summed E-state index contributed by atoms with van der Waals surface area (Å²) in [5.41, 5.74) is 1.23. The van der Waals surface area contributed by atoms with Crippen molar-refractivity contribution in [2.24, 2.45) is 0 Å². The van der Waals surface area contributed by atoms with Gasteiger partial charge in [0.25, 0.3) is 0 Å². The minimum Gasteiger partial charge on any atom is -0.336 e. The van der Waals surface area contributed by atoms with E-state index in [-0.39, 0.29) is 6.04 Å². The molecule has 1 aliphatic heterocycles. The average molecular weight is 217 g/mol. The minimum atomic E-state index is 0.215. The Bertz CT molecular complexity index is 347. The number of carbonyl (C=O) groups is 1. The van der Waals surface area contributed by atoms with Crippen molar-refractivity contribution in [1.82, 2.24) is 4.90 Å². The molecule has 0 unspecified atom stereocenters. The molecule has 0 radical (unpaired) electrons. The smallest absolute Gasteiger partial charge is 0.223 e. The maximum absolute atomic E-state index is 12.0. The van der Waals surface area contributed by atoms with Crippen molar-refractivity contribution in [2.75, 3.05) is 6.54 Å². The second-order valence-corrected chi connectivity index (χ2v) is 4.48. The monoisotopic (exact) mass is 217 g/mol. The van der Waals surface area contributed by atoms with Crippen LogP contribution < -0.4 is 0 Å². The van der Waals surface area contributed by atoms with Crippen LogP contribution in [0.2, 0.25) is 0 Å². The predicted octanol–water partition coefficient (Wildman–Crippen LogP) is 3.15. The number of hydrogen-bond donors (Lipinski definition) is 0. The molecule has 16 heavy (non-hydrogen) atoms. The van der Waals surface area contributed by atoms with E-state index in [1.54, 1.807) is 0 Å². The third-order valence-corrected chi connectivity index (χ3v) is 3.36. The summed E-state index contributed by atoms with van der Waals surface area (Å²) in [6.07, 6.45) is 4.10. The molecule has 1 amide bonds. The number of rotatable bonds is 2. The number of benzene rings is 1. The van der Waals surface area contributed by atoms with Gasteiger partial charge in [0.05, 0.1) is 6.04 Å². The Morgan fingerprint density at radius 1 is 1.12 bits per heavy atom. The standard InChI is InChI=1S/C14H19NO/c1-12(13-8-4-2-5-9-13)15-11-7-3-6-10-14(15)16/h2,4-5,8-9,12H,3,6-7,10-11H2,1H3/t12-/m0/s1. The number of hydrogen-bond acceptors (Lipinski definition) is 1. The van der Waals surface area contributed by atoms with Crippen molar-refractivity contribution in [3.8, 4) is 0 Å². The number of likely N-dealkylation sites (tertiary alicyclic amines) is 1. The van der Waals surface area contributed by atoms with E-state index >= 15 is 0 Å². The van der Waals surface area contributed by atoms with Crippen LogP contribution in [0.4, 0.5) is 0 Å². The Kier molecular flexibility index (Phi) is 3.60. The quantitative estimate of drug-likeness (QED) is 0.745. The number of carbonyl (C=O) groups excluding carboxylic acids is 1. The van der Waals surface area contributed by atoms with Crippen molar-refractivity contribution in [3.63, 3.8) is 0 Å². The van der Waals surface area contributed by atoms with Gasteiger partial charge in [-0.05, 0) is 25.3 Å². The van der Waals surface area contributed by atoms with E-state index in [1.165, 1.54) is 12.0 Å². The minimum absolute atomic E-state index is 0.215. The maximum atomic E-state index is 12.0. The fraction of sp³-hybridized carbons (Fsp3) is 0.500. The summed E-state index contributed by atoms with van der Waals surface area (Å²) >= 11 is 0. The van der Waals surface area contributed by atoms with Crippen LogP contribution in [0.3, 0.4) is 0 Å². The van der Waals surface area contributed by atoms with Crippen molar-refractivity contribution >= 4 is 5.91 Å². The van der Waals surface area contributed by atoms with Crippen LogP contribution in [0.5, 0.6) is 0 Å². The Hall–Kier alpha value is -1.31. The van der Waals surface area contributed by atoms with Gasteiger partial charge in [0.15, 0.2) is 0 Å². The molecule has 1 aromatic rings. The summed E-state index contributed by atoms with van der Waals surface area (Å²) in [4.78, 5) is 14.0. The Labute approximate surface area is 97.3 Å². The topological polar surface area (TPSA) is 20.3 Å². The highest BCUT2D eigenvalue weighted by Gasteiger charge is 2.22. The largest absolute Gasteiger partial charge is 0.336 e. The fourth-order valence-electron chi connectivity index (χ4n) is 2.32. The molecule has 0 spiro atoms. The van der Waals surface area contributed by atoms with Gasteiger partial charge in [0, 0.05) is 13.0 Å². The lowest BCUT2D eigenvalue weighted by Gasteiger charge is -2.28. The van der Waals surface area contributed by atoms with E-state index in [0.29, 0.717) is 5.91 Å². The number of nitrogens with zero attached hydrogens (tertiary/aromatic N) is 1. The summed E-state index contributed by atoms with van der Waals surface area (Å²) in [6, 6.07) is 10.5. The highest BCUT2D eigenvalue weighted by atomic mass is 16.2. The zero-order valence-electron chi connectivity index (χ0n) is 9.86. The zero-order chi connectivity index (χ0) is 11.4. The molecule has 1 heterocycles. The predicted molar refractivity (Wildman–Crippen MR) is 65.0 cm³/mol. The van der Waals surface area contributed by atoms with Crippen molar-refractivity contribution < 1.29 is 4.79 Å². The Morgan fingerprint density at radius 3 is 2.62 bits per heavy atom. The second-order valence-electron chi connectivity index (χ2n) is 4.48. The van der Waals surface area contributed by atoms with Crippen molar-refractivity contribution in [1.29, 1.82) is 0 Å². The highest BCUT2D eigenvalue weighted by molar-refractivity contribution is 5.76. The number of amides is 1. The molecule has 0 bridgehead atoms. The maximum Gasteiger partial charge on any atom is 0.223 e. The fourth-order valence-corrected chi connectivity index (χ4v) is 2.32. The molecule has 1 fully saturated rings. The third kappa shape index (κ3) is 2.43. The summed E-state index contributed by atoms with van der Waals surface area (Å²) in [7, 11) is 0. The normalized spacial score (nSPS) is 19.3. The van der Waals surface area contributed by atoms with Crippen LogP contribution >= 0.6 is 0 Å². The molecule has 86 valence electrons. The van der Waals surface area contributed by atoms with Gasteiger partial charge in [0.2, 0.25) is 5.91 Å². The summed E-state index contributed by atoms with van der Waals surface area (Å²) in [6.45, 7) is 3.04. The van der Waals surface area contributed by atoms with Crippen LogP contribution in [0, 0.1) is 0 Å². The molecule has 2 heteroatoms. The molecule has 1 atom stereocenters. The van der Waals surface area contributed by atoms with Gasteiger partial charge in [-0.2, -0.15) is 0 Å². The molecule has 2 nitrogen and oxygen atoms in total. The van der Waals surface area contributed by atoms with Gasteiger partial charge >= 0.3 is 0 Å². The summed E-state index contributed by atoms with van der Waals surface area (Å²) in [5.74, 6) is 0.314. The van der Waals surface area contributed by atoms with Crippen molar-refractivity contribution in [3.05, 3.63) is 35.9 Å². The van der Waals surface area contributed by atoms with Gasteiger partial charge in [-0.25, -0.2) is 0 Å². The molecular formula is C14H19NO. The van der Waals surface area contributed by atoms with Crippen molar-refractivity contribution in [2.45, 2.75) is 38.6 Å². The van der Waals surface area contributed by atoms with E-state index in [0.717, 1.165) is 25.8 Å². The lowest BCUT2D eigenvalue weighted by atomic mass is 10.1. The van der Waals surface area contributed by atoms with Crippen LogP contribution in [-0.2, 0) is 4.79 Å². The first-order valence-electron chi connectivity index (χ1n) is 6.13. The molecule has 0 N–H and O–H groups in total. The molecule has 1 aromatic carbocycles. The highest BCUT2D eigenvalue weighted by Crippen LogP contribution is 2.24. The van der Waals surface area contributed by atoms with Gasteiger partial charge in [-0.3, -0.25) is 4.79 Å². The summed E-state index contributed by atoms with van der Waals surface area (Å²) in [5, 5.41) is 0. The first kappa shape index (κ1) is 11.2. The van der Waals surface area contributed by atoms with Crippen LogP contribution in [0.25, 0.3) is 0 Å². The van der Waals surface area contributed by atoms with Crippen LogP contribution in [0.1, 0.15) is 44.2 Å². The second kappa shape index (κ2) is 5.15. The summed E-state index contributed by atoms with van der Waals surface area (Å²) < 4.78 is 0. The van der Waals surface area contributed by atoms with Crippen LogP contribution in [-0.4, -0.2) is 17.4 Å². The molecule has 0 aromatic heterocycles. The Morgan fingerprint density at radius 2 is 1.88 bits per heavy atom. The van der Waals surface area contributed by atoms with Crippen LogP contribution in [0.15, 0.2) is 30.3 Å². The molecule has 0 aliphatic carbocycles. The van der Waals surface area contributed by atoms with Gasteiger partial charge in [-0.15, -0.1) is 0 Å². The molecule has 1 aliphatic rings. The Balaban J connectivity index is 2.13. The van der Waals surface area contributed by atoms with E-state index < -0.39 is 0 Å². The SMILES string of the molecule is C[C@@H](c1ccccc1)N1CCCCCC1=O. The van der Waals surface area contributed by atoms with Gasteiger partial charge in [-0.1, -0.05) is 36.8 Å². The average Bonchev–Trinajstić information content (AvgIpc) is 2.54. The lowest BCUT2D eigenvalue weighted by Crippen LogP contribution is -2.32. The van der Waals surface area contributed by atoms with E-state index in [9.17, 15) is 4.79 Å². The first-order chi connectivity index (χ1) is 7.79. The van der Waals surface area contributed by atoms with Gasteiger partial charge < -0.3 is 4.90 Å². The van der Waals surface area contributed by atoms with E-state index in [4.69, 9.17) is 0 Å². The lowest BCUT2D eigenvalue weighted by molar-refractivity contribution is -0.132. The zero-order valence-corrected chi connectivity index (χ0v) is 9.86. The molecular weight excluding hydrogens is 198 g/mol. The van der Waals surface area contributed by atoms with E-state index in [2.05, 4.69) is 19.1 Å². The van der Waals surface area contributed by atoms with E-state index in [1.807, 2.05) is 23.1 Å². The van der Waals surface area contributed by atoms with Gasteiger partial charge in [0.1, 0.15) is 0 Å². The molecule has 2 rings (SSSR count). The first-order valence-corrected chi connectivity index (χ1v) is 6.13. The molecule has 1 saturated heterocycles. The third-order valence-electron chi connectivity index (χ3n) is 3.36.